The summed E-state index contributed by atoms with van der Waals surface area (Å²) in [6.07, 6.45) is 3.56. The predicted octanol–water partition coefficient (Wildman–Crippen LogP) is 1.76. The molecule has 4 nitrogen and oxygen atoms in total. The van der Waals surface area contributed by atoms with Crippen LogP contribution < -0.4 is 5.73 Å². The summed E-state index contributed by atoms with van der Waals surface area (Å²) < 4.78 is 11.4. The van der Waals surface area contributed by atoms with E-state index in [9.17, 15) is 4.79 Å². The Kier molecular flexibility index (Phi) is 4.98. The minimum absolute atomic E-state index is 0.00000874. The van der Waals surface area contributed by atoms with Gasteiger partial charge in [0.1, 0.15) is 5.78 Å². The van der Waals surface area contributed by atoms with E-state index in [2.05, 4.69) is 13.8 Å². The van der Waals surface area contributed by atoms with Crippen LogP contribution in [0.2, 0.25) is 0 Å². The average molecular weight is 269 g/mol. The quantitative estimate of drug-likeness (QED) is 0.845. The van der Waals surface area contributed by atoms with Gasteiger partial charge in [-0.2, -0.15) is 0 Å². The van der Waals surface area contributed by atoms with Crippen molar-refractivity contribution in [2.24, 2.45) is 23.5 Å². The molecule has 2 N–H and O–H groups in total. The molecule has 1 spiro atoms. The van der Waals surface area contributed by atoms with Crippen molar-refractivity contribution in [1.29, 1.82) is 0 Å². The summed E-state index contributed by atoms with van der Waals surface area (Å²) in [5, 5.41) is 0. The lowest BCUT2D eigenvalue weighted by atomic mass is 9.75. The first-order valence-corrected chi connectivity index (χ1v) is 7.53. The van der Waals surface area contributed by atoms with E-state index < -0.39 is 0 Å². The van der Waals surface area contributed by atoms with Crippen molar-refractivity contribution in [3.8, 4) is 0 Å². The molecule has 0 aromatic carbocycles. The molecule has 2 fully saturated rings. The molecule has 0 amide bonds. The average Bonchev–Trinajstić information content (AvgIpc) is 2.40. The van der Waals surface area contributed by atoms with Crippen molar-refractivity contribution in [2.45, 2.75) is 45.1 Å². The molecular formula is C15H27NO3. The van der Waals surface area contributed by atoms with E-state index in [1.54, 1.807) is 0 Å². The molecule has 19 heavy (non-hydrogen) atoms. The zero-order valence-electron chi connectivity index (χ0n) is 12.2. The zero-order valence-corrected chi connectivity index (χ0v) is 12.2. The Morgan fingerprint density at radius 1 is 1.32 bits per heavy atom. The standard InChI is InChI=1S/C15H27NO3/c1-11(2)13(10-16)14(17)12-3-6-19-15(9-12)4-7-18-8-5-15/h11-13H,3-10,16H2,1-2H3. The van der Waals surface area contributed by atoms with Gasteiger partial charge < -0.3 is 15.2 Å². The molecule has 110 valence electrons. The van der Waals surface area contributed by atoms with E-state index >= 15 is 0 Å². The molecule has 0 saturated carbocycles. The number of Topliss-reactive ketones (excluding diaryl/α,β-unsaturated/α-hetero) is 1. The number of carbonyl (C=O) groups is 1. The number of hydrogen-bond acceptors (Lipinski definition) is 4. The van der Waals surface area contributed by atoms with Crippen LogP contribution in [0.25, 0.3) is 0 Å². The van der Waals surface area contributed by atoms with Crippen LogP contribution in [-0.2, 0) is 14.3 Å². The van der Waals surface area contributed by atoms with Crippen LogP contribution >= 0.6 is 0 Å². The van der Waals surface area contributed by atoms with Crippen molar-refractivity contribution < 1.29 is 14.3 Å². The van der Waals surface area contributed by atoms with Gasteiger partial charge in [0.2, 0.25) is 0 Å². The lowest BCUT2D eigenvalue weighted by molar-refractivity contribution is -0.159. The van der Waals surface area contributed by atoms with Gasteiger partial charge in [-0.15, -0.1) is 0 Å². The van der Waals surface area contributed by atoms with Crippen LogP contribution in [0, 0.1) is 17.8 Å². The number of rotatable bonds is 4. The van der Waals surface area contributed by atoms with Crippen molar-refractivity contribution >= 4 is 5.78 Å². The third kappa shape index (κ3) is 3.36. The smallest absolute Gasteiger partial charge is 0.140 e. The second kappa shape index (κ2) is 6.33. The van der Waals surface area contributed by atoms with Crippen molar-refractivity contribution in [2.75, 3.05) is 26.4 Å². The molecule has 0 aromatic rings. The molecule has 2 rings (SSSR count). The lowest BCUT2D eigenvalue weighted by Gasteiger charge is -2.43. The van der Waals surface area contributed by atoms with Crippen LogP contribution in [0.3, 0.4) is 0 Å². The minimum atomic E-state index is -0.104. The second-order valence-electron chi connectivity index (χ2n) is 6.32. The van der Waals surface area contributed by atoms with Gasteiger partial charge in [-0.1, -0.05) is 13.8 Å². The van der Waals surface area contributed by atoms with Crippen LogP contribution in [0.5, 0.6) is 0 Å². The molecule has 2 aliphatic rings. The minimum Gasteiger partial charge on any atom is -0.381 e. The van der Waals surface area contributed by atoms with Crippen LogP contribution in [-0.4, -0.2) is 37.7 Å². The van der Waals surface area contributed by atoms with Gasteiger partial charge in [-0.3, -0.25) is 4.79 Å². The molecule has 2 atom stereocenters. The first-order valence-electron chi connectivity index (χ1n) is 7.53. The number of carbonyl (C=O) groups excluding carboxylic acids is 1. The molecule has 2 unspecified atom stereocenters. The monoisotopic (exact) mass is 269 g/mol. The normalized spacial score (nSPS) is 28.5. The summed E-state index contributed by atoms with van der Waals surface area (Å²) in [6, 6.07) is 0. The van der Waals surface area contributed by atoms with Crippen molar-refractivity contribution in [1.82, 2.24) is 0 Å². The topological polar surface area (TPSA) is 61.6 Å². The summed E-state index contributed by atoms with van der Waals surface area (Å²) in [5.74, 6) is 0.806. The summed E-state index contributed by atoms with van der Waals surface area (Å²) in [5.41, 5.74) is 5.67. The first-order chi connectivity index (χ1) is 9.08. The molecule has 0 aliphatic carbocycles. The Hall–Kier alpha value is -0.450. The number of ether oxygens (including phenoxy) is 2. The SMILES string of the molecule is CC(C)C(CN)C(=O)C1CCOC2(CCOCC2)C1. The van der Waals surface area contributed by atoms with Gasteiger partial charge in [-0.05, 0) is 31.6 Å². The molecule has 2 aliphatic heterocycles. The second-order valence-corrected chi connectivity index (χ2v) is 6.32. The number of ketones is 1. The van der Waals surface area contributed by atoms with Gasteiger partial charge in [0, 0.05) is 38.2 Å². The number of nitrogens with two attached hydrogens (primary N) is 1. The van der Waals surface area contributed by atoms with Crippen LogP contribution in [0.1, 0.15) is 39.5 Å². The largest absolute Gasteiger partial charge is 0.381 e. The first kappa shape index (κ1) is 14.9. The highest BCUT2D eigenvalue weighted by molar-refractivity contribution is 5.84. The van der Waals surface area contributed by atoms with Crippen LogP contribution in [0.15, 0.2) is 0 Å². The maximum absolute atomic E-state index is 12.6. The maximum atomic E-state index is 12.6. The van der Waals surface area contributed by atoms with Gasteiger partial charge in [0.25, 0.3) is 0 Å². The molecule has 4 heteroatoms. The fourth-order valence-corrected chi connectivity index (χ4v) is 3.38. The van der Waals surface area contributed by atoms with Crippen molar-refractivity contribution in [3.05, 3.63) is 0 Å². The van der Waals surface area contributed by atoms with Crippen molar-refractivity contribution in [3.63, 3.8) is 0 Å². The molecule has 0 radical (unpaired) electrons. The number of hydrogen-bond donors (Lipinski definition) is 1. The molecule has 2 saturated heterocycles. The fraction of sp³-hybridized carbons (Fsp3) is 0.933. The Labute approximate surface area is 116 Å². The van der Waals surface area contributed by atoms with Gasteiger partial charge in [0.05, 0.1) is 5.60 Å². The van der Waals surface area contributed by atoms with E-state index in [0.717, 1.165) is 38.9 Å². The Bertz CT molecular complexity index is 305. The molecular weight excluding hydrogens is 242 g/mol. The maximum Gasteiger partial charge on any atom is 0.140 e. The predicted molar refractivity (Wildman–Crippen MR) is 73.8 cm³/mol. The molecule has 0 bridgehead atoms. The molecule has 0 aromatic heterocycles. The summed E-state index contributed by atoms with van der Waals surface area (Å²) in [6.45, 7) is 6.84. The summed E-state index contributed by atoms with van der Waals surface area (Å²) >= 11 is 0. The lowest BCUT2D eigenvalue weighted by Crippen LogP contribution is -2.47. The highest BCUT2D eigenvalue weighted by atomic mass is 16.5. The Balaban J connectivity index is 2.02. The van der Waals surface area contributed by atoms with Crippen LogP contribution in [0.4, 0.5) is 0 Å². The highest BCUT2D eigenvalue weighted by Crippen LogP contribution is 2.38. The van der Waals surface area contributed by atoms with E-state index in [4.69, 9.17) is 15.2 Å². The van der Waals surface area contributed by atoms with E-state index in [0.29, 0.717) is 24.9 Å². The van der Waals surface area contributed by atoms with E-state index in [1.807, 2.05) is 0 Å². The third-order valence-electron chi connectivity index (χ3n) is 4.72. The Morgan fingerprint density at radius 2 is 2.00 bits per heavy atom. The molecule has 2 heterocycles. The summed E-state index contributed by atoms with van der Waals surface area (Å²) in [4.78, 5) is 12.6. The zero-order chi connectivity index (χ0) is 13.9. The van der Waals surface area contributed by atoms with E-state index in [1.165, 1.54) is 0 Å². The third-order valence-corrected chi connectivity index (χ3v) is 4.72. The van der Waals surface area contributed by atoms with Gasteiger partial charge in [-0.25, -0.2) is 0 Å². The summed E-state index contributed by atoms with van der Waals surface area (Å²) in [7, 11) is 0. The fourth-order valence-electron chi connectivity index (χ4n) is 3.38. The van der Waals surface area contributed by atoms with E-state index in [-0.39, 0.29) is 17.4 Å². The Morgan fingerprint density at radius 3 is 2.58 bits per heavy atom. The highest BCUT2D eigenvalue weighted by Gasteiger charge is 2.42. The van der Waals surface area contributed by atoms with Gasteiger partial charge in [0.15, 0.2) is 0 Å². The van der Waals surface area contributed by atoms with Gasteiger partial charge >= 0.3 is 0 Å².